The van der Waals surface area contributed by atoms with E-state index in [4.69, 9.17) is 10.5 Å². The average Bonchev–Trinajstić information content (AvgIpc) is 2.09. The Labute approximate surface area is 84.0 Å². The molecule has 4 heteroatoms. The Balaban J connectivity index is 2.52. The molecule has 2 N–H and O–H groups in total. The molecule has 0 aromatic heterocycles. The maximum Gasteiger partial charge on any atom is 0.141 e. The normalized spacial score (nSPS) is 20.7. The average molecular weight is 246 g/mol. The lowest BCUT2D eigenvalue weighted by Crippen LogP contribution is -2.20. The summed E-state index contributed by atoms with van der Waals surface area (Å²) < 4.78 is 18.8. The van der Waals surface area contributed by atoms with Crippen LogP contribution in [0.3, 0.4) is 0 Å². The zero-order chi connectivity index (χ0) is 9.42. The fraction of sp³-hybridized carbons (Fsp3) is 0.333. The smallest absolute Gasteiger partial charge is 0.141 e. The summed E-state index contributed by atoms with van der Waals surface area (Å²) in [6.45, 7) is 0.565. The SMILES string of the molecule is N[C@H]1CCOc2cc(F)c(Br)cc21. The van der Waals surface area contributed by atoms with Gasteiger partial charge in [-0.05, 0) is 22.0 Å². The second-order valence-electron chi connectivity index (χ2n) is 3.05. The molecule has 1 heterocycles. The summed E-state index contributed by atoms with van der Waals surface area (Å²) in [5.74, 6) is 0.257. The Hall–Kier alpha value is -0.610. The third-order valence-corrected chi connectivity index (χ3v) is 2.75. The number of hydrogen-bond donors (Lipinski definition) is 1. The number of hydrogen-bond acceptors (Lipinski definition) is 2. The van der Waals surface area contributed by atoms with Gasteiger partial charge in [0.25, 0.3) is 0 Å². The summed E-state index contributed by atoms with van der Waals surface area (Å²) in [5.41, 5.74) is 6.72. The third kappa shape index (κ3) is 1.56. The molecule has 0 radical (unpaired) electrons. The minimum Gasteiger partial charge on any atom is -0.493 e. The molecule has 0 unspecified atom stereocenters. The van der Waals surface area contributed by atoms with Crippen molar-refractivity contribution < 1.29 is 9.13 Å². The van der Waals surface area contributed by atoms with E-state index >= 15 is 0 Å². The van der Waals surface area contributed by atoms with Gasteiger partial charge in [0.15, 0.2) is 0 Å². The fourth-order valence-corrected chi connectivity index (χ4v) is 1.77. The van der Waals surface area contributed by atoms with Crippen molar-refractivity contribution in [3.8, 4) is 5.75 Å². The van der Waals surface area contributed by atoms with Crippen LogP contribution in [-0.2, 0) is 0 Å². The molecule has 1 aromatic carbocycles. The van der Waals surface area contributed by atoms with Crippen LogP contribution in [0.25, 0.3) is 0 Å². The number of rotatable bonds is 0. The molecule has 0 fully saturated rings. The van der Waals surface area contributed by atoms with E-state index in [0.717, 1.165) is 12.0 Å². The van der Waals surface area contributed by atoms with E-state index in [2.05, 4.69) is 15.9 Å². The van der Waals surface area contributed by atoms with Crippen molar-refractivity contribution in [2.24, 2.45) is 5.73 Å². The molecule has 0 saturated carbocycles. The Kier molecular flexibility index (Phi) is 2.26. The molecule has 70 valence electrons. The van der Waals surface area contributed by atoms with Crippen LogP contribution < -0.4 is 10.5 Å². The van der Waals surface area contributed by atoms with Crippen molar-refractivity contribution in [3.05, 3.63) is 28.0 Å². The van der Waals surface area contributed by atoms with E-state index in [9.17, 15) is 4.39 Å². The topological polar surface area (TPSA) is 35.2 Å². The van der Waals surface area contributed by atoms with Crippen molar-refractivity contribution in [1.29, 1.82) is 0 Å². The molecule has 0 bridgehead atoms. The lowest BCUT2D eigenvalue weighted by Gasteiger charge is -2.23. The van der Waals surface area contributed by atoms with Gasteiger partial charge in [-0.2, -0.15) is 0 Å². The van der Waals surface area contributed by atoms with Crippen LogP contribution >= 0.6 is 15.9 Å². The number of fused-ring (bicyclic) bond motifs is 1. The number of nitrogens with two attached hydrogens (primary N) is 1. The summed E-state index contributed by atoms with van der Waals surface area (Å²) >= 11 is 3.12. The number of ether oxygens (including phenoxy) is 1. The van der Waals surface area contributed by atoms with Crippen LogP contribution in [0.1, 0.15) is 18.0 Å². The molecule has 0 amide bonds. The summed E-state index contributed by atoms with van der Waals surface area (Å²) in [4.78, 5) is 0. The molecule has 1 atom stereocenters. The first-order valence-electron chi connectivity index (χ1n) is 4.06. The van der Waals surface area contributed by atoms with Gasteiger partial charge in [0.2, 0.25) is 0 Å². The van der Waals surface area contributed by atoms with Crippen LogP contribution in [0.5, 0.6) is 5.75 Å². The van der Waals surface area contributed by atoms with E-state index < -0.39 is 0 Å². The largest absolute Gasteiger partial charge is 0.493 e. The third-order valence-electron chi connectivity index (χ3n) is 2.14. The van der Waals surface area contributed by atoms with Crippen molar-refractivity contribution in [2.75, 3.05) is 6.61 Å². The summed E-state index contributed by atoms with van der Waals surface area (Å²) in [7, 11) is 0. The minimum atomic E-state index is -0.312. The molecule has 13 heavy (non-hydrogen) atoms. The van der Waals surface area contributed by atoms with Crippen molar-refractivity contribution in [2.45, 2.75) is 12.5 Å². The lowest BCUT2D eigenvalue weighted by molar-refractivity contribution is 0.267. The Morgan fingerprint density at radius 2 is 2.31 bits per heavy atom. The maximum absolute atomic E-state index is 13.1. The standard InChI is InChI=1S/C9H9BrFNO/c10-6-3-5-8(12)1-2-13-9(5)4-7(6)11/h3-4,8H,1-2,12H2/t8-/m0/s1. The minimum absolute atomic E-state index is 0.0411. The first-order chi connectivity index (χ1) is 6.18. The predicted molar refractivity (Wildman–Crippen MR) is 51.1 cm³/mol. The van der Waals surface area contributed by atoms with Crippen LogP contribution in [-0.4, -0.2) is 6.61 Å². The molecule has 0 spiro atoms. The molecule has 1 aliphatic heterocycles. The highest BCUT2D eigenvalue weighted by Crippen LogP contribution is 2.34. The van der Waals surface area contributed by atoms with Crippen molar-refractivity contribution in [3.63, 3.8) is 0 Å². The molecular weight excluding hydrogens is 237 g/mol. The van der Waals surface area contributed by atoms with Crippen LogP contribution in [0, 0.1) is 5.82 Å². The summed E-state index contributed by atoms with van der Waals surface area (Å²) in [6.07, 6.45) is 0.783. The van der Waals surface area contributed by atoms with Gasteiger partial charge < -0.3 is 10.5 Å². The molecule has 2 nitrogen and oxygen atoms in total. The van der Waals surface area contributed by atoms with Crippen molar-refractivity contribution >= 4 is 15.9 Å². The molecular formula is C9H9BrFNO. The molecule has 1 aromatic rings. The highest BCUT2D eigenvalue weighted by Gasteiger charge is 2.19. The monoisotopic (exact) mass is 245 g/mol. The van der Waals surface area contributed by atoms with E-state index in [0.29, 0.717) is 16.8 Å². The maximum atomic E-state index is 13.1. The first-order valence-corrected chi connectivity index (χ1v) is 4.85. The summed E-state index contributed by atoms with van der Waals surface area (Å²) in [5, 5.41) is 0. The number of benzene rings is 1. The number of halogens is 2. The van der Waals surface area contributed by atoms with Gasteiger partial charge in [0.05, 0.1) is 11.1 Å². The van der Waals surface area contributed by atoms with Gasteiger partial charge in [-0.3, -0.25) is 0 Å². The highest BCUT2D eigenvalue weighted by atomic mass is 79.9. The zero-order valence-electron chi connectivity index (χ0n) is 6.89. The molecule has 2 rings (SSSR count). The highest BCUT2D eigenvalue weighted by molar-refractivity contribution is 9.10. The second kappa shape index (κ2) is 3.27. The van der Waals surface area contributed by atoms with Gasteiger partial charge in [0, 0.05) is 24.1 Å². The van der Waals surface area contributed by atoms with Crippen LogP contribution in [0.15, 0.2) is 16.6 Å². The Morgan fingerprint density at radius 3 is 3.08 bits per heavy atom. The predicted octanol–water partition coefficient (Wildman–Crippen LogP) is 2.37. The fourth-order valence-electron chi connectivity index (χ4n) is 1.41. The van der Waals surface area contributed by atoms with Crippen LogP contribution in [0.4, 0.5) is 4.39 Å². The summed E-state index contributed by atoms with van der Waals surface area (Å²) in [6, 6.07) is 3.02. The lowest BCUT2D eigenvalue weighted by atomic mass is 10.0. The van der Waals surface area contributed by atoms with Gasteiger partial charge in [-0.25, -0.2) is 4.39 Å². The van der Waals surface area contributed by atoms with Crippen LogP contribution in [0.2, 0.25) is 0 Å². The van der Waals surface area contributed by atoms with Gasteiger partial charge in [-0.1, -0.05) is 0 Å². The van der Waals surface area contributed by atoms with E-state index in [-0.39, 0.29) is 11.9 Å². The zero-order valence-corrected chi connectivity index (χ0v) is 8.47. The molecule has 0 aliphatic carbocycles. The molecule has 0 saturated heterocycles. The van der Waals surface area contributed by atoms with Crippen molar-refractivity contribution in [1.82, 2.24) is 0 Å². The van der Waals surface area contributed by atoms with E-state index in [1.807, 2.05) is 0 Å². The van der Waals surface area contributed by atoms with Gasteiger partial charge >= 0.3 is 0 Å². The Bertz CT molecular complexity index is 343. The van der Waals surface area contributed by atoms with Gasteiger partial charge in [-0.15, -0.1) is 0 Å². The van der Waals surface area contributed by atoms with Gasteiger partial charge in [0.1, 0.15) is 11.6 Å². The Morgan fingerprint density at radius 1 is 1.54 bits per heavy atom. The first kappa shape index (κ1) is 8.97. The van der Waals surface area contributed by atoms with E-state index in [1.165, 1.54) is 6.07 Å². The second-order valence-corrected chi connectivity index (χ2v) is 3.90. The molecule has 1 aliphatic rings. The quantitative estimate of drug-likeness (QED) is 0.762. The van der Waals surface area contributed by atoms with E-state index in [1.54, 1.807) is 6.07 Å².